The third-order valence-corrected chi connectivity index (χ3v) is 2.44. The van der Waals surface area contributed by atoms with E-state index in [0.717, 1.165) is 6.42 Å². The van der Waals surface area contributed by atoms with Gasteiger partial charge >= 0.3 is 0 Å². The maximum atomic E-state index is 11.6. The molecule has 0 rings (SSSR count). The first-order valence-corrected chi connectivity index (χ1v) is 4.57. The lowest BCUT2D eigenvalue weighted by molar-refractivity contribution is -0.913. The van der Waals surface area contributed by atoms with Crippen molar-refractivity contribution in [3.05, 3.63) is 12.7 Å². The van der Waals surface area contributed by atoms with Crippen LogP contribution in [0.4, 0.5) is 0 Å². The number of hydrogen-bond donors (Lipinski definition) is 1. The van der Waals surface area contributed by atoms with E-state index in [1.165, 1.54) is 6.08 Å². The van der Waals surface area contributed by atoms with Crippen LogP contribution < -0.4 is 5.73 Å². The first kappa shape index (κ1) is 12.3. The van der Waals surface area contributed by atoms with E-state index in [9.17, 15) is 4.79 Å². The van der Waals surface area contributed by atoms with E-state index in [-0.39, 0.29) is 5.78 Å². The molecule has 0 amide bonds. The van der Waals surface area contributed by atoms with E-state index in [2.05, 4.69) is 6.58 Å². The second-order valence-corrected chi connectivity index (χ2v) is 4.26. The van der Waals surface area contributed by atoms with Gasteiger partial charge in [0.1, 0.15) is 0 Å². The number of nitrogens with two attached hydrogens (primary N) is 1. The topological polar surface area (TPSA) is 43.1 Å². The molecule has 0 aromatic carbocycles. The van der Waals surface area contributed by atoms with Gasteiger partial charge in [0.05, 0.1) is 21.1 Å². The van der Waals surface area contributed by atoms with Crippen LogP contribution in [0.25, 0.3) is 0 Å². The number of hydrogen-bond acceptors (Lipinski definition) is 2. The van der Waals surface area contributed by atoms with Crippen LogP contribution in [-0.2, 0) is 4.79 Å². The molecule has 0 saturated heterocycles. The smallest absolute Gasteiger partial charge is 0.230 e. The van der Waals surface area contributed by atoms with Crippen LogP contribution >= 0.6 is 0 Å². The van der Waals surface area contributed by atoms with E-state index in [4.69, 9.17) is 5.73 Å². The van der Waals surface area contributed by atoms with Gasteiger partial charge in [-0.25, -0.2) is 0 Å². The molecule has 0 aliphatic heterocycles. The molecule has 0 aromatic heterocycles. The van der Waals surface area contributed by atoms with Gasteiger partial charge in [-0.2, -0.15) is 0 Å². The summed E-state index contributed by atoms with van der Waals surface area (Å²) in [5.74, 6) is -0.0816. The molecule has 0 fully saturated rings. The van der Waals surface area contributed by atoms with Crippen LogP contribution in [-0.4, -0.2) is 37.1 Å². The zero-order valence-corrected chi connectivity index (χ0v) is 9.13. The Morgan fingerprint density at radius 3 is 2.23 bits per heavy atom. The Morgan fingerprint density at radius 2 is 2.00 bits per heavy atom. The molecule has 0 heterocycles. The van der Waals surface area contributed by atoms with Crippen molar-refractivity contribution in [2.75, 3.05) is 21.1 Å². The summed E-state index contributed by atoms with van der Waals surface area (Å²) < 4.78 is 0.436. The molecule has 0 saturated carbocycles. The van der Waals surface area contributed by atoms with Crippen molar-refractivity contribution in [2.24, 2.45) is 5.73 Å². The second kappa shape index (κ2) is 4.03. The van der Waals surface area contributed by atoms with Crippen molar-refractivity contribution < 1.29 is 9.28 Å². The molecule has 3 heteroatoms. The van der Waals surface area contributed by atoms with Gasteiger partial charge in [-0.05, 0) is 12.5 Å². The van der Waals surface area contributed by atoms with Crippen molar-refractivity contribution in [1.82, 2.24) is 0 Å². The average Bonchev–Trinajstić information content (AvgIpc) is 2.01. The molecule has 0 aliphatic carbocycles. The molecule has 76 valence electrons. The fourth-order valence-corrected chi connectivity index (χ4v) is 1.35. The highest BCUT2D eigenvalue weighted by molar-refractivity contribution is 5.95. The molecular formula is C10H21N2O+. The number of ketones is 1. The predicted molar refractivity (Wildman–Crippen MR) is 55.1 cm³/mol. The van der Waals surface area contributed by atoms with E-state index in [0.29, 0.717) is 10.9 Å². The minimum Gasteiger partial charge on any atom is -0.307 e. The fourth-order valence-electron chi connectivity index (χ4n) is 1.35. The van der Waals surface area contributed by atoms with Crippen LogP contribution in [0, 0.1) is 0 Å². The normalized spacial score (nSPS) is 16.4. The molecule has 1 atom stereocenters. The number of quaternary nitrogens is 1. The van der Waals surface area contributed by atoms with Gasteiger partial charge in [-0.15, -0.1) is 0 Å². The summed E-state index contributed by atoms with van der Waals surface area (Å²) >= 11 is 0. The molecule has 13 heavy (non-hydrogen) atoms. The molecule has 2 N–H and O–H groups in total. The van der Waals surface area contributed by atoms with Gasteiger partial charge < -0.3 is 4.48 Å². The third kappa shape index (κ3) is 2.39. The van der Waals surface area contributed by atoms with Gasteiger partial charge in [0.15, 0.2) is 0 Å². The quantitative estimate of drug-likeness (QED) is 0.393. The molecule has 0 bridgehead atoms. The Kier molecular flexibility index (Phi) is 3.82. The highest BCUT2D eigenvalue weighted by atomic mass is 16.1. The summed E-state index contributed by atoms with van der Waals surface area (Å²) in [4.78, 5) is 11.6. The Hall–Kier alpha value is -0.670. The Balaban J connectivity index is 4.94. The van der Waals surface area contributed by atoms with E-state index in [1.54, 1.807) is 0 Å². The third-order valence-electron chi connectivity index (χ3n) is 2.44. The maximum Gasteiger partial charge on any atom is 0.230 e. The SMILES string of the molecule is C=CC(=O)C(N)(CCC)[N+](C)(C)C. The van der Waals surface area contributed by atoms with Crippen LogP contribution in [0.2, 0.25) is 0 Å². The fraction of sp³-hybridized carbons (Fsp3) is 0.700. The van der Waals surface area contributed by atoms with Crippen molar-refractivity contribution in [1.29, 1.82) is 0 Å². The average molecular weight is 185 g/mol. The largest absolute Gasteiger partial charge is 0.307 e. The van der Waals surface area contributed by atoms with E-state index < -0.39 is 5.66 Å². The summed E-state index contributed by atoms with van der Waals surface area (Å²) in [7, 11) is 5.78. The molecule has 0 aromatic rings. The van der Waals surface area contributed by atoms with Crippen LogP contribution in [0.15, 0.2) is 12.7 Å². The highest BCUT2D eigenvalue weighted by Gasteiger charge is 2.43. The van der Waals surface area contributed by atoms with Gasteiger partial charge in [0.2, 0.25) is 11.4 Å². The van der Waals surface area contributed by atoms with Crippen molar-refractivity contribution in [3.63, 3.8) is 0 Å². The number of nitrogens with zero attached hydrogens (tertiary/aromatic N) is 1. The molecule has 1 unspecified atom stereocenters. The summed E-state index contributed by atoms with van der Waals surface area (Å²) in [6, 6.07) is 0. The van der Waals surface area contributed by atoms with Gasteiger partial charge in [-0.1, -0.05) is 13.5 Å². The maximum absolute atomic E-state index is 11.6. The van der Waals surface area contributed by atoms with Crippen molar-refractivity contribution >= 4 is 5.78 Å². The monoisotopic (exact) mass is 185 g/mol. The summed E-state index contributed by atoms with van der Waals surface area (Å²) in [5, 5.41) is 0. The Labute approximate surface area is 80.8 Å². The highest BCUT2D eigenvalue weighted by Crippen LogP contribution is 2.20. The minimum atomic E-state index is -0.823. The van der Waals surface area contributed by atoms with Crippen molar-refractivity contribution in [3.8, 4) is 0 Å². The molecule has 0 aliphatic rings. The van der Waals surface area contributed by atoms with E-state index >= 15 is 0 Å². The molecule has 0 spiro atoms. The zero-order valence-electron chi connectivity index (χ0n) is 9.13. The van der Waals surface area contributed by atoms with Crippen LogP contribution in [0.3, 0.4) is 0 Å². The minimum absolute atomic E-state index is 0.0816. The standard InChI is InChI=1S/C10H21N2O/c1-6-8-10(11,9(13)7-2)12(3,4)5/h7H,2,6,8,11H2,1,3-5H3/q+1. The van der Waals surface area contributed by atoms with E-state index in [1.807, 2.05) is 28.1 Å². The number of carbonyl (C=O) groups excluding carboxylic acids is 1. The summed E-state index contributed by atoms with van der Waals surface area (Å²) in [5.41, 5.74) is 5.27. The van der Waals surface area contributed by atoms with Crippen LogP contribution in [0.5, 0.6) is 0 Å². The lowest BCUT2D eigenvalue weighted by atomic mass is 9.96. The number of carbonyl (C=O) groups is 1. The zero-order chi connectivity index (χ0) is 10.7. The predicted octanol–water partition coefficient (Wildman–Crippen LogP) is 0.903. The number of likely N-dealkylation sites (N-methyl/N-ethyl adjacent to an activating group) is 1. The first-order chi connectivity index (χ1) is 5.79. The van der Waals surface area contributed by atoms with Gasteiger partial charge in [0, 0.05) is 6.42 Å². The molecular weight excluding hydrogens is 164 g/mol. The summed E-state index contributed by atoms with van der Waals surface area (Å²) in [6.07, 6.45) is 2.89. The van der Waals surface area contributed by atoms with Gasteiger partial charge in [-0.3, -0.25) is 10.5 Å². The molecule has 3 nitrogen and oxygen atoms in total. The van der Waals surface area contributed by atoms with Gasteiger partial charge in [0.25, 0.3) is 0 Å². The van der Waals surface area contributed by atoms with Crippen LogP contribution in [0.1, 0.15) is 19.8 Å². The lowest BCUT2D eigenvalue weighted by Gasteiger charge is -2.41. The van der Waals surface area contributed by atoms with Crippen molar-refractivity contribution in [2.45, 2.75) is 25.4 Å². The Bertz CT molecular complexity index is 205. The first-order valence-electron chi connectivity index (χ1n) is 4.57. The second-order valence-electron chi connectivity index (χ2n) is 4.26. The Morgan fingerprint density at radius 1 is 1.54 bits per heavy atom. The lowest BCUT2D eigenvalue weighted by Crippen LogP contribution is -2.67. The summed E-state index contributed by atoms with van der Waals surface area (Å²) in [6.45, 7) is 5.50. The number of rotatable bonds is 5. The molecule has 0 radical (unpaired) electrons.